The Labute approximate surface area is 312 Å². The van der Waals surface area contributed by atoms with Crippen LogP contribution in [-0.4, -0.2) is 9.13 Å². The van der Waals surface area contributed by atoms with E-state index < -0.39 is 0 Å². The van der Waals surface area contributed by atoms with E-state index in [0.29, 0.717) is 11.1 Å². The summed E-state index contributed by atoms with van der Waals surface area (Å²) in [4.78, 5) is 0. The first kappa shape index (κ1) is 31.1. The molecule has 0 unspecified atom stereocenters. The molecule has 0 saturated carbocycles. The molecule has 0 atom stereocenters. The molecule has 250 valence electrons. The first-order chi connectivity index (χ1) is 26.7. The second-order valence-corrected chi connectivity index (χ2v) is 13.5. The Bertz CT molecular complexity index is 3160. The number of nitriles is 2. The van der Waals surface area contributed by atoms with Gasteiger partial charge in [0.25, 0.3) is 0 Å². The number of benzene rings is 8. The van der Waals surface area contributed by atoms with Crippen LogP contribution in [0.15, 0.2) is 182 Å². The maximum Gasteiger partial charge on any atom is 0.101 e. The molecule has 10 aromatic rings. The van der Waals surface area contributed by atoms with Gasteiger partial charge in [-0.25, -0.2) is 0 Å². The first-order valence-corrected chi connectivity index (χ1v) is 18.0. The summed E-state index contributed by atoms with van der Waals surface area (Å²) in [5.41, 5.74) is 13.5. The van der Waals surface area contributed by atoms with Crippen molar-refractivity contribution in [3.8, 4) is 56.9 Å². The zero-order chi connectivity index (χ0) is 36.2. The van der Waals surface area contributed by atoms with Crippen LogP contribution in [0.2, 0.25) is 0 Å². The Morgan fingerprint density at radius 2 is 0.944 bits per heavy atom. The quantitative estimate of drug-likeness (QED) is 0.181. The molecule has 0 aliphatic rings. The van der Waals surface area contributed by atoms with Gasteiger partial charge in [-0.1, -0.05) is 127 Å². The van der Waals surface area contributed by atoms with Gasteiger partial charge in [0.15, 0.2) is 0 Å². The van der Waals surface area contributed by atoms with E-state index in [1.165, 1.54) is 32.6 Å². The third-order valence-electron chi connectivity index (χ3n) is 10.6. The average molecular weight is 687 g/mol. The van der Waals surface area contributed by atoms with Gasteiger partial charge < -0.3 is 9.13 Å². The second kappa shape index (κ2) is 12.5. The van der Waals surface area contributed by atoms with Crippen LogP contribution in [0, 0.1) is 22.7 Å². The summed E-state index contributed by atoms with van der Waals surface area (Å²) in [6.07, 6.45) is 0. The van der Waals surface area contributed by atoms with Crippen molar-refractivity contribution in [2.24, 2.45) is 0 Å². The predicted octanol–water partition coefficient (Wildman–Crippen LogP) is 12.6. The normalized spacial score (nSPS) is 11.3. The van der Waals surface area contributed by atoms with Crippen molar-refractivity contribution in [1.29, 1.82) is 10.5 Å². The minimum absolute atomic E-state index is 0.361. The highest BCUT2D eigenvalue weighted by molar-refractivity contribution is 6.26. The Balaban J connectivity index is 1.37. The third kappa shape index (κ3) is 4.76. The van der Waals surface area contributed by atoms with Crippen molar-refractivity contribution in [3.63, 3.8) is 0 Å². The van der Waals surface area contributed by atoms with Crippen LogP contribution in [-0.2, 0) is 0 Å². The molecule has 4 heteroatoms. The van der Waals surface area contributed by atoms with E-state index in [4.69, 9.17) is 0 Å². The van der Waals surface area contributed by atoms with E-state index in [2.05, 4.69) is 173 Å². The Morgan fingerprint density at radius 3 is 1.63 bits per heavy atom. The van der Waals surface area contributed by atoms with Gasteiger partial charge in [-0.05, 0) is 82.4 Å². The summed E-state index contributed by atoms with van der Waals surface area (Å²) in [6.45, 7) is 0. The van der Waals surface area contributed by atoms with Crippen LogP contribution in [0.3, 0.4) is 0 Å². The highest BCUT2D eigenvalue weighted by Crippen LogP contribution is 2.46. The molecule has 8 aromatic carbocycles. The van der Waals surface area contributed by atoms with E-state index in [-0.39, 0.29) is 0 Å². The number of para-hydroxylation sites is 3. The van der Waals surface area contributed by atoms with Crippen LogP contribution < -0.4 is 0 Å². The van der Waals surface area contributed by atoms with Crippen molar-refractivity contribution in [2.45, 2.75) is 0 Å². The van der Waals surface area contributed by atoms with Gasteiger partial charge in [0, 0.05) is 32.8 Å². The van der Waals surface area contributed by atoms with Gasteiger partial charge in [0.1, 0.15) is 12.1 Å². The van der Waals surface area contributed by atoms with Crippen molar-refractivity contribution >= 4 is 43.6 Å². The van der Waals surface area contributed by atoms with Crippen LogP contribution in [0.25, 0.3) is 88.4 Å². The average Bonchev–Trinajstić information content (AvgIpc) is 3.77. The first-order valence-electron chi connectivity index (χ1n) is 18.0. The zero-order valence-corrected chi connectivity index (χ0v) is 29.1. The molecule has 2 aromatic heterocycles. The second-order valence-electron chi connectivity index (χ2n) is 13.5. The van der Waals surface area contributed by atoms with Crippen molar-refractivity contribution in [3.05, 3.63) is 193 Å². The molecule has 0 fully saturated rings. The van der Waals surface area contributed by atoms with Crippen molar-refractivity contribution in [2.75, 3.05) is 0 Å². The van der Waals surface area contributed by atoms with Gasteiger partial charge in [0.2, 0.25) is 0 Å². The molecule has 2 heterocycles. The molecule has 0 aliphatic heterocycles. The monoisotopic (exact) mass is 686 g/mol. The van der Waals surface area contributed by atoms with Crippen LogP contribution in [0.1, 0.15) is 11.1 Å². The summed E-state index contributed by atoms with van der Waals surface area (Å²) in [6, 6.07) is 68.1. The number of aromatic nitrogens is 2. The molecule has 0 radical (unpaired) electrons. The molecular weight excluding hydrogens is 657 g/mol. The fourth-order valence-corrected chi connectivity index (χ4v) is 8.23. The van der Waals surface area contributed by atoms with Crippen molar-refractivity contribution in [1.82, 2.24) is 9.13 Å². The number of nitrogens with zero attached hydrogens (tertiary/aromatic N) is 4. The van der Waals surface area contributed by atoms with E-state index in [1.54, 1.807) is 6.07 Å². The molecule has 0 saturated heterocycles. The number of hydrogen-bond acceptors (Lipinski definition) is 2. The highest BCUT2D eigenvalue weighted by Gasteiger charge is 2.24. The smallest absolute Gasteiger partial charge is 0.101 e. The van der Waals surface area contributed by atoms with E-state index in [0.717, 1.165) is 55.8 Å². The predicted molar refractivity (Wildman–Crippen MR) is 221 cm³/mol. The van der Waals surface area contributed by atoms with Gasteiger partial charge in [-0.3, -0.25) is 0 Å². The number of hydrogen-bond donors (Lipinski definition) is 0. The largest absolute Gasteiger partial charge is 0.309 e. The fourth-order valence-electron chi connectivity index (χ4n) is 8.23. The topological polar surface area (TPSA) is 57.4 Å². The van der Waals surface area contributed by atoms with Crippen molar-refractivity contribution < 1.29 is 0 Å². The van der Waals surface area contributed by atoms with Crippen LogP contribution in [0.5, 0.6) is 0 Å². The number of fused-ring (bicyclic) bond motifs is 7. The molecule has 4 nitrogen and oxygen atoms in total. The van der Waals surface area contributed by atoms with E-state index in [1.807, 2.05) is 24.3 Å². The molecule has 0 spiro atoms. The van der Waals surface area contributed by atoms with Gasteiger partial charge in [-0.15, -0.1) is 0 Å². The van der Waals surface area contributed by atoms with E-state index in [9.17, 15) is 10.5 Å². The summed E-state index contributed by atoms with van der Waals surface area (Å²) < 4.78 is 4.84. The van der Waals surface area contributed by atoms with Gasteiger partial charge in [-0.2, -0.15) is 10.5 Å². The zero-order valence-electron chi connectivity index (χ0n) is 29.1. The minimum Gasteiger partial charge on any atom is -0.309 e. The summed E-state index contributed by atoms with van der Waals surface area (Å²) in [5, 5.41) is 24.5. The Morgan fingerprint density at radius 1 is 0.370 bits per heavy atom. The van der Waals surface area contributed by atoms with E-state index >= 15 is 0 Å². The molecule has 0 N–H and O–H groups in total. The molecule has 0 bridgehead atoms. The maximum absolute atomic E-state index is 10.0. The molecule has 54 heavy (non-hydrogen) atoms. The van der Waals surface area contributed by atoms with Gasteiger partial charge in [0.05, 0.1) is 38.9 Å². The Hall–Kier alpha value is -7.66. The highest BCUT2D eigenvalue weighted by atomic mass is 15.0. The summed E-state index contributed by atoms with van der Waals surface area (Å²) in [7, 11) is 0. The third-order valence-corrected chi connectivity index (χ3v) is 10.6. The molecule has 0 amide bonds. The standard InChI is InChI=1S/C50H30N4/c51-31-36-25-24-35(28-37(36)32-52)42-29-44(34-16-6-2-7-17-34)48(30-43(42)33-14-4-1-5-15-33)54-46-23-13-11-21-41(46)49-47(54)27-26-40-39-20-10-12-22-45(39)53(50(40)49)38-18-8-3-9-19-38/h1-30H. The minimum atomic E-state index is 0.361. The molecule has 10 rings (SSSR count). The SMILES string of the molecule is N#Cc1ccc(-c2cc(-c3ccccc3)c(-n3c4ccccc4c4c3ccc3c5ccccc5n(-c5ccccc5)c34)cc2-c2ccccc2)cc1C#N. The summed E-state index contributed by atoms with van der Waals surface area (Å²) >= 11 is 0. The van der Waals surface area contributed by atoms with Gasteiger partial charge >= 0.3 is 0 Å². The van der Waals surface area contributed by atoms with Crippen LogP contribution >= 0.6 is 0 Å². The maximum atomic E-state index is 10.0. The molecule has 0 aliphatic carbocycles. The lowest BCUT2D eigenvalue weighted by atomic mass is 9.88. The fraction of sp³-hybridized carbons (Fsp3) is 0. The lowest BCUT2D eigenvalue weighted by Crippen LogP contribution is -2.00. The van der Waals surface area contributed by atoms with Crippen LogP contribution in [0.4, 0.5) is 0 Å². The number of rotatable bonds is 5. The summed E-state index contributed by atoms with van der Waals surface area (Å²) in [5.74, 6) is 0. The molecular formula is C50H30N4. The lowest BCUT2D eigenvalue weighted by Gasteiger charge is -2.20. The lowest BCUT2D eigenvalue weighted by molar-refractivity contribution is 1.17. The Kier molecular flexibility index (Phi) is 7.22.